The number of aliphatic hydroxyl groups is 1. The largest absolute Gasteiger partial charge is 0.497 e. The van der Waals surface area contributed by atoms with Gasteiger partial charge in [0.2, 0.25) is 0 Å². The minimum absolute atomic E-state index is 0.0490. The van der Waals surface area contributed by atoms with Crippen LogP contribution in [0.25, 0.3) is 0 Å². The molecule has 1 aliphatic heterocycles. The van der Waals surface area contributed by atoms with Crippen molar-refractivity contribution in [3.05, 3.63) is 23.8 Å². The highest BCUT2D eigenvalue weighted by Gasteiger charge is 2.27. The number of aliphatic hydroxyl groups excluding tert-OH is 1. The van der Waals surface area contributed by atoms with Gasteiger partial charge >= 0.3 is 0 Å². The van der Waals surface area contributed by atoms with Gasteiger partial charge in [0.1, 0.15) is 17.6 Å². The fourth-order valence-corrected chi connectivity index (χ4v) is 2.20. The lowest BCUT2D eigenvalue weighted by molar-refractivity contribution is 0.0836. The molecule has 94 valence electrons. The van der Waals surface area contributed by atoms with Crippen molar-refractivity contribution in [2.45, 2.75) is 25.5 Å². The second kappa shape index (κ2) is 5.38. The van der Waals surface area contributed by atoms with Gasteiger partial charge < -0.3 is 19.9 Å². The van der Waals surface area contributed by atoms with Crippen LogP contribution in [0.3, 0.4) is 0 Å². The summed E-state index contributed by atoms with van der Waals surface area (Å²) in [5.74, 6) is 1.67. The minimum Gasteiger partial charge on any atom is -0.497 e. The monoisotopic (exact) mass is 237 g/mol. The molecular weight excluding hydrogens is 218 g/mol. The number of hydrogen-bond donors (Lipinski definition) is 2. The van der Waals surface area contributed by atoms with Gasteiger partial charge in [0, 0.05) is 18.0 Å². The van der Waals surface area contributed by atoms with Crippen molar-refractivity contribution in [2.24, 2.45) is 0 Å². The molecule has 17 heavy (non-hydrogen) atoms. The van der Waals surface area contributed by atoms with Gasteiger partial charge in [-0.25, -0.2) is 0 Å². The number of hydrogen-bond acceptors (Lipinski definition) is 4. The molecular formula is C13H19NO3. The number of methoxy groups -OCH3 is 1. The third-order valence-electron chi connectivity index (χ3n) is 3.04. The Balaban J connectivity index is 2.31. The molecule has 0 fully saturated rings. The molecule has 4 heteroatoms. The number of fused-ring (bicyclic) bond motifs is 1. The van der Waals surface area contributed by atoms with E-state index in [4.69, 9.17) is 9.47 Å². The zero-order chi connectivity index (χ0) is 12.3. The first-order chi connectivity index (χ1) is 8.28. The molecule has 2 atom stereocenters. The van der Waals surface area contributed by atoms with E-state index >= 15 is 0 Å². The highest BCUT2D eigenvalue weighted by atomic mass is 16.5. The van der Waals surface area contributed by atoms with Crippen molar-refractivity contribution in [3.8, 4) is 11.5 Å². The van der Waals surface area contributed by atoms with E-state index in [1.54, 1.807) is 7.11 Å². The van der Waals surface area contributed by atoms with E-state index in [1.807, 2.05) is 18.2 Å². The SMILES string of the molecule is CCNC1CC(CO)Oc2ccc(OC)cc21. The van der Waals surface area contributed by atoms with Crippen LogP contribution in [0.2, 0.25) is 0 Å². The van der Waals surface area contributed by atoms with Gasteiger partial charge in [0.25, 0.3) is 0 Å². The lowest BCUT2D eigenvalue weighted by Crippen LogP contribution is -2.34. The van der Waals surface area contributed by atoms with Gasteiger partial charge in [0.05, 0.1) is 13.7 Å². The molecule has 0 aromatic heterocycles. The maximum absolute atomic E-state index is 9.23. The summed E-state index contributed by atoms with van der Waals surface area (Å²) in [4.78, 5) is 0. The second-order valence-electron chi connectivity index (χ2n) is 4.17. The zero-order valence-electron chi connectivity index (χ0n) is 10.3. The van der Waals surface area contributed by atoms with Crippen LogP contribution in [-0.2, 0) is 0 Å². The van der Waals surface area contributed by atoms with Crippen LogP contribution in [0, 0.1) is 0 Å². The predicted molar refractivity (Wildman–Crippen MR) is 65.5 cm³/mol. The smallest absolute Gasteiger partial charge is 0.124 e. The van der Waals surface area contributed by atoms with Crippen molar-refractivity contribution >= 4 is 0 Å². The summed E-state index contributed by atoms with van der Waals surface area (Å²) in [5.41, 5.74) is 1.11. The van der Waals surface area contributed by atoms with E-state index in [0.717, 1.165) is 30.0 Å². The Morgan fingerprint density at radius 1 is 1.53 bits per heavy atom. The van der Waals surface area contributed by atoms with E-state index in [-0.39, 0.29) is 18.8 Å². The molecule has 0 bridgehead atoms. The van der Waals surface area contributed by atoms with Crippen molar-refractivity contribution in [1.82, 2.24) is 5.32 Å². The number of nitrogens with one attached hydrogen (secondary N) is 1. The summed E-state index contributed by atoms with van der Waals surface area (Å²) < 4.78 is 10.9. The van der Waals surface area contributed by atoms with E-state index in [1.165, 1.54) is 0 Å². The average molecular weight is 237 g/mol. The van der Waals surface area contributed by atoms with Crippen LogP contribution in [0.1, 0.15) is 24.9 Å². The number of benzene rings is 1. The highest BCUT2D eigenvalue weighted by Crippen LogP contribution is 2.36. The van der Waals surface area contributed by atoms with Crippen LogP contribution >= 0.6 is 0 Å². The summed E-state index contributed by atoms with van der Waals surface area (Å²) in [6.07, 6.45) is 0.657. The topological polar surface area (TPSA) is 50.7 Å². The fourth-order valence-electron chi connectivity index (χ4n) is 2.20. The van der Waals surface area contributed by atoms with Gasteiger partial charge in [-0.1, -0.05) is 6.92 Å². The van der Waals surface area contributed by atoms with Gasteiger partial charge in [-0.05, 0) is 24.7 Å². The molecule has 2 unspecified atom stereocenters. The first-order valence-corrected chi connectivity index (χ1v) is 5.97. The van der Waals surface area contributed by atoms with E-state index in [9.17, 15) is 5.11 Å². The Kier molecular flexibility index (Phi) is 3.86. The molecule has 0 amide bonds. The van der Waals surface area contributed by atoms with Crippen molar-refractivity contribution in [1.29, 1.82) is 0 Å². The lowest BCUT2D eigenvalue weighted by atomic mass is 9.96. The predicted octanol–water partition coefficient (Wildman–Crippen LogP) is 1.49. The molecule has 2 N–H and O–H groups in total. The minimum atomic E-state index is -0.125. The first kappa shape index (κ1) is 12.2. The molecule has 0 aliphatic carbocycles. The molecule has 0 radical (unpaired) electrons. The zero-order valence-corrected chi connectivity index (χ0v) is 10.3. The van der Waals surface area contributed by atoms with Crippen molar-refractivity contribution in [2.75, 3.05) is 20.3 Å². The molecule has 0 spiro atoms. The quantitative estimate of drug-likeness (QED) is 0.833. The van der Waals surface area contributed by atoms with E-state index in [2.05, 4.69) is 12.2 Å². The molecule has 0 saturated carbocycles. The number of ether oxygens (including phenoxy) is 2. The molecule has 0 saturated heterocycles. The third kappa shape index (κ3) is 2.53. The molecule has 2 rings (SSSR count). The van der Waals surface area contributed by atoms with E-state index in [0.29, 0.717) is 0 Å². The Labute approximate surface area is 102 Å². The normalized spacial score (nSPS) is 22.8. The summed E-state index contributed by atoms with van der Waals surface area (Å²) in [5, 5.41) is 12.6. The first-order valence-electron chi connectivity index (χ1n) is 5.97. The lowest BCUT2D eigenvalue weighted by Gasteiger charge is -2.32. The Hall–Kier alpha value is -1.26. The summed E-state index contributed by atoms with van der Waals surface area (Å²) in [6, 6.07) is 5.99. The Bertz CT molecular complexity index is 381. The van der Waals surface area contributed by atoms with Crippen LogP contribution in [0.4, 0.5) is 0 Å². The van der Waals surface area contributed by atoms with Gasteiger partial charge in [0.15, 0.2) is 0 Å². The molecule has 4 nitrogen and oxygen atoms in total. The highest BCUT2D eigenvalue weighted by molar-refractivity contribution is 5.43. The van der Waals surface area contributed by atoms with Gasteiger partial charge in [-0.15, -0.1) is 0 Å². The molecule has 1 aliphatic rings. The number of rotatable bonds is 4. The summed E-state index contributed by atoms with van der Waals surface area (Å²) in [6.45, 7) is 3.01. The maximum atomic E-state index is 9.23. The fraction of sp³-hybridized carbons (Fsp3) is 0.538. The molecule has 1 heterocycles. The van der Waals surface area contributed by atoms with E-state index < -0.39 is 0 Å². The third-order valence-corrected chi connectivity index (χ3v) is 3.04. The van der Waals surface area contributed by atoms with Crippen LogP contribution in [0.15, 0.2) is 18.2 Å². The summed E-state index contributed by atoms with van der Waals surface area (Å²) in [7, 11) is 1.66. The van der Waals surface area contributed by atoms with Crippen molar-refractivity contribution in [3.63, 3.8) is 0 Å². The Morgan fingerprint density at radius 2 is 2.35 bits per heavy atom. The van der Waals surface area contributed by atoms with Gasteiger partial charge in [-0.2, -0.15) is 0 Å². The standard InChI is InChI=1S/C13H19NO3/c1-3-14-12-7-10(8-15)17-13-5-4-9(16-2)6-11(12)13/h4-6,10,12,14-15H,3,7-8H2,1-2H3. The van der Waals surface area contributed by atoms with Crippen molar-refractivity contribution < 1.29 is 14.6 Å². The second-order valence-corrected chi connectivity index (χ2v) is 4.17. The maximum Gasteiger partial charge on any atom is 0.124 e. The summed E-state index contributed by atoms with van der Waals surface area (Å²) >= 11 is 0. The average Bonchev–Trinajstić information content (AvgIpc) is 2.38. The van der Waals surface area contributed by atoms with Crippen LogP contribution in [-0.4, -0.2) is 31.5 Å². The molecule has 1 aromatic carbocycles. The van der Waals surface area contributed by atoms with Crippen LogP contribution < -0.4 is 14.8 Å². The Morgan fingerprint density at radius 3 is 3.00 bits per heavy atom. The molecule has 1 aromatic rings. The van der Waals surface area contributed by atoms with Crippen LogP contribution in [0.5, 0.6) is 11.5 Å². The van der Waals surface area contributed by atoms with Gasteiger partial charge in [-0.3, -0.25) is 0 Å².